The highest BCUT2D eigenvalue weighted by molar-refractivity contribution is 7.89. The second-order valence-corrected chi connectivity index (χ2v) is 13.8. The smallest absolute Gasteiger partial charge is 0.240 e. The molecular weight excluding hydrogens is 600 g/mol. The largest absolute Gasteiger partial charge is 0.392 e. The first-order valence-corrected chi connectivity index (χ1v) is 17.4. The zero-order valence-corrected chi connectivity index (χ0v) is 26.9. The summed E-state index contributed by atoms with van der Waals surface area (Å²) in [6, 6.07) is 32.7. The van der Waals surface area contributed by atoms with Gasteiger partial charge in [0.05, 0.1) is 30.3 Å². The maximum absolute atomic E-state index is 12.9. The summed E-state index contributed by atoms with van der Waals surface area (Å²) in [5.41, 5.74) is 5.65. The number of methoxy groups -OCH3 is 1. The van der Waals surface area contributed by atoms with Gasteiger partial charge in [-0.25, -0.2) is 13.1 Å². The summed E-state index contributed by atoms with van der Waals surface area (Å²) in [5.74, 6) is 0. The van der Waals surface area contributed by atoms with Crippen molar-refractivity contribution >= 4 is 10.0 Å². The molecule has 2 heterocycles. The van der Waals surface area contributed by atoms with E-state index in [0.717, 1.165) is 72.3 Å². The molecule has 6 rings (SSSR count). The molecule has 9 heteroatoms. The first-order valence-electron chi connectivity index (χ1n) is 15.9. The molecule has 0 spiro atoms. The van der Waals surface area contributed by atoms with Gasteiger partial charge in [0.15, 0.2) is 6.29 Å². The second-order valence-electron chi connectivity index (χ2n) is 12.0. The van der Waals surface area contributed by atoms with Crippen LogP contribution in [0, 0.1) is 0 Å². The van der Waals surface area contributed by atoms with Crippen molar-refractivity contribution in [1.29, 1.82) is 0 Å². The predicted octanol–water partition coefficient (Wildman–Crippen LogP) is 5.98. The molecule has 0 amide bonds. The molecule has 0 radical (unpaired) electrons. The summed E-state index contributed by atoms with van der Waals surface area (Å²) in [4.78, 5) is 2.72. The van der Waals surface area contributed by atoms with Crippen molar-refractivity contribution < 1.29 is 27.7 Å². The van der Waals surface area contributed by atoms with Crippen molar-refractivity contribution in [2.45, 2.75) is 61.8 Å². The van der Waals surface area contributed by atoms with Gasteiger partial charge in [-0.15, -0.1) is 0 Å². The Kier molecular flexibility index (Phi) is 10.6. The van der Waals surface area contributed by atoms with Gasteiger partial charge in [-0.05, 0) is 59.3 Å². The van der Waals surface area contributed by atoms with Crippen LogP contribution in [0.1, 0.15) is 53.9 Å². The monoisotopic (exact) mass is 642 g/mol. The van der Waals surface area contributed by atoms with Gasteiger partial charge in [-0.3, -0.25) is 4.90 Å². The van der Waals surface area contributed by atoms with Crippen LogP contribution >= 0.6 is 0 Å². The number of ether oxygens (including phenoxy) is 3. The van der Waals surface area contributed by atoms with Gasteiger partial charge in [0, 0.05) is 38.2 Å². The minimum absolute atomic E-state index is 0.00436. The van der Waals surface area contributed by atoms with Crippen molar-refractivity contribution in [3.05, 3.63) is 125 Å². The molecular formula is C37H42N2O6S. The SMILES string of the molecule is COC[C@@H]1CCCN1C[C@@H]1C[C@H](c2ccc(CO)cc2)O[C@H](c2ccc(-c3ccccc3CNS(=O)(=O)c3ccccc3)cc2)O1. The summed E-state index contributed by atoms with van der Waals surface area (Å²) in [5, 5.41) is 9.54. The van der Waals surface area contributed by atoms with Crippen LogP contribution in [0.3, 0.4) is 0 Å². The minimum atomic E-state index is -3.64. The molecule has 0 unspecified atom stereocenters. The van der Waals surface area contributed by atoms with Crippen molar-refractivity contribution in [3.63, 3.8) is 0 Å². The Bertz CT molecular complexity index is 1660. The molecule has 2 fully saturated rings. The Morgan fingerprint density at radius 1 is 0.891 bits per heavy atom. The minimum Gasteiger partial charge on any atom is -0.392 e. The Morgan fingerprint density at radius 3 is 2.35 bits per heavy atom. The van der Waals surface area contributed by atoms with E-state index in [0.29, 0.717) is 6.04 Å². The third-order valence-electron chi connectivity index (χ3n) is 8.93. The van der Waals surface area contributed by atoms with E-state index in [2.05, 4.69) is 9.62 Å². The molecule has 2 saturated heterocycles. The van der Waals surface area contributed by atoms with Gasteiger partial charge >= 0.3 is 0 Å². The molecule has 4 aromatic rings. The van der Waals surface area contributed by atoms with Crippen LogP contribution in [0.4, 0.5) is 0 Å². The summed E-state index contributed by atoms with van der Waals surface area (Å²) < 4.78 is 47.2. The lowest BCUT2D eigenvalue weighted by atomic mass is 9.97. The quantitative estimate of drug-likeness (QED) is 0.196. The second kappa shape index (κ2) is 15.0. The number of nitrogens with zero attached hydrogens (tertiary/aromatic N) is 1. The fourth-order valence-electron chi connectivity index (χ4n) is 6.44. The normalized spacial score (nSPS) is 22.2. The lowest BCUT2D eigenvalue weighted by Gasteiger charge is -2.38. The van der Waals surface area contributed by atoms with E-state index in [4.69, 9.17) is 14.2 Å². The molecule has 0 aromatic heterocycles. The Labute approximate surface area is 272 Å². The van der Waals surface area contributed by atoms with Gasteiger partial charge in [0.1, 0.15) is 0 Å². The number of nitrogens with one attached hydrogen (secondary N) is 1. The van der Waals surface area contributed by atoms with Crippen LogP contribution in [0.5, 0.6) is 0 Å². The lowest BCUT2D eigenvalue weighted by Crippen LogP contribution is -2.42. The average molecular weight is 643 g/mol. The van der Waals surface area contributed by atoms with Crippen molar-refractivity contribution in [3.8, 4) is 11.1 Å². The van der Waals surface area contributed by atoms with Crippen LogP contribution < -0.4 is 4.72 Å². The van der Waals surface area contributed by atoms with Gasteiger partial charge in [0.2, 0.25) is 10.0 Å². The molecule has 242 valence electrons. The fourth-order valence-corrected chi connectivity index (χ4v) is 7.47. The first kappa shape index (κ1) is 32.5. The number of hydrogen-bond acceptors (Lipinski definition) is 7. The van der Waals surface area contributed by atoms with Crippen molar-refractivity contribution in [2.75, 3.05) is 26.8 Å². The topological polar surface area (TPSA) is 97.3 Å². The fraction of sp³-hybridized carbons (Fsp3) is 0.351. The van der Waals surface area contributed by atoms with Crippen LogP contribution in [-0.2, 0) is 37.4 Å². The van der Waals surface area contributed by atoms with Crippen LogP contribution in [0.25, 0.3) is 11.1 Å². The molecule has 0 bridgehead atoms. The zero-order chi connectivity index (χ0) is 31.9. The maximum Gasteiger partial charge on any atom is 0.240 e. The van der Waals surface area contributed by atoms with Gasteiger partial charge in [-0.2, -0.15) is 0 Å². The van der Waals surface area contributed by atoms with E-state index in [9.17, 15) is 13.5 Å². The number of aliphatic hydroxyl groups is 1. The van der Waals surface area contributed by atoms with Gasteiger partial charge in [-0.1, -0.05) is 91.0 Å². The van der Waals surface area contributed by atoms with Gasteiger partial charge < -0.3 is 19.3 Å². The Balaban J connectivity index is 1.20. The standard InChI is InChI=1S/C37H42N2O6S/c1-43-26-32-9-7-21-39(32)24-33-22-36(29-15-13-27(25-40)14-16-29)45-37(44-33)30-19-17-28(18-20-30)35-12-6-5-8-31(35)23-38-46(41,42)34-10-3-2-4-11-34/h2-6,8,10-20,32-33,36-38,40H,7,9,21-26H2,1H3/t32-,33-,36+,37+/m0/s1. The lowest BCUT2D eigenvalue weighted by molar-refractivity contribution is -0.253. The number of benzene rings is 4. The van der Waals surface area contributed by atoms with E-state index in [-0.39, 0.29) is 30.3 Å². The first-order chi connectivity index (χ1) is 22.4. The van der Waals surface area contributed by atoms with E-state index >= 15 is 0 Å². The predicted molar refractivity (Wildman–Crippen MR) is 177 cm³/mol. The number of aliphatic hydroxyl groups excluding tert-OH is 1. The molecule has 46 heavy (non-hydrogen) atoms. The van der Waals surface area contributed by atoms with E-state index in [1.807, 2.05) is 72.8 Å². The molecule has 8 nitrogen and oxygen atoms in total. The van der Waals surface area contributed by atoms with Crippen molar-refractivity contribution in [1.82, 2.24) is 9.62 Å². The number of likely N-dealkylation sites (tertiary alicyclic amines) is 1. The molecule has 0 aliphatic carbocycles. The summed E-state index contributed by atoms with van der Waals surface area (Å²) in [7, 11) is -1.88. The number of hydrogen-bond donors (Lipinski definition) is 2. The molecule has 2 N–H and O–H groups in total. The van der Waals surface area contributed by atoms with E-state index in [1.54, 1.807) is 37.4 Å². The Morgan fingerprint density at radius 2 is 1.61 bits per heavy atom. The molecule has 4 atom stereocenters. The zero-order valence-electron chi connectivity index (χ0n) is 26.1. The highest BCUT2D eigenvalue weighted by Crippen LogP contribution is 2.39. The van der Waals surface area contributed by atoms with Crippen LogP contribution in [-0.4, -0.2) is 57.4 Å². The van der Waals surface area contributed by atoms with Crippen LogP contribution in [0.15, 0.2) is 108 Å². The summed E-state index contributed by atoms with van der Waals surface area (Å²) in [6.07, 6.45) is 2.28. The third kappa shape index (κ3) is 7.75. The molecule has 2 aliphatic heterocycles. The van der Waals surface area contributed by atoms with Gasteiger partial charge in [0.25, 0.3) is 0 Å². The summed E-state index contributed by atoms with van der Waals surface area (Å²) in [6.45, 7) is 2.73. The highest BCUT2D eigenvalue weighted by Gasteiger charge is 2.35. The molecule has 4 aromatic carbocycles. The molecule has 0 saturated carbocycles. The highest BCUT2D eigenvalue weighted by atomic mass is 32.2. The summed E-state index contributed by atoms with van der Waals surface area (Å²) >= 11 is 0. The average Bonchev–Trinajstić information content (AvgIpc) is 3.54. The van der Waals surface area contributed by atoms with E-state index < -0.39 is 16.3 Å². The third-order valence-corrected chi connectivity index (χ3v) is 10.3. The molecule has 2 aliphatic rings. The number of rotatable bonds is 12. The van der Waals surface area contributed by atoms with Crippen molar-refractivity contribution in [2.24, 2.45) is 0 Å². The van der Waals surface area contributed by atoms with Crippen LogP contribution in [0.2, 0.25) is 0 Å². The Hall–Kier alpha value is -3.41. The van der Waals surface area contributed by atoms with E-state index in [1.165, 1.54) is 0 Å². The number of sulfonamides is 1. The maximum atomic E-state index is 12.9.